The largest absolute Gasteiger partial charge is 0.321 e. The minimum atomic E-state index is -3.46. The predicted molar refractivity (Wildman–Crippen MR) is 108 cm³/mol. The first-order chi connectivity index (χ1) is 13.0. The lowest BCUT2D eigenvalue weighted by Gasteiger charge is -2.05. The van der Waals surface area contributed by atoms with Crippen molar-refractivity contribution < 1.29 is 13.2 Å². The second-order valence-corrected chi connectivity index (χ2v) is 9.10. The lowest BCUT2D eigenvalue weighted by Crippen LogP contribution is -2.25. The lowest BCUT2D eigenvalue weighted by atomic mass is 10.2. The minimum Gasteiger partial charge on any atom is -0.321 e. The highest BCUT2D eigenvalue weighted by molar-refractivity contribution is 7.99. The molecule has 8 heteroatoms. The third kappa shape index (κ3) is 5.92. The Balaban J connectivity index is 1.57. The maximum atomic E-state index is 12.1. The fourth-order valence-electron chi connectivity index (χ4n) is 2.29. The molecule has 1 saturated carbocycles. The number of hydrogen-bond donors (Lipinski definition) is 2. The van der Waals surface area contributed by atoms with Crippen molar-refractivity contribution in [2.24, 2.45) is 0 Å². The first-order valence-corrected chi connectivity index (χ1v) is 11.1. The molecule has 0 aliphatic heterocycles. The van der Waals surface area contributed by atoms with E-state index < -0.39 is 10.0 Å². The summed E-state index contributed by atoms with van der Waals surface area (Å²) in [5.74, 6) is 0.665. The third-order valence-corrected chi connectivity index (χ3v) is 6.18. The molecule has 1 heterocycles. The Hall–Kier alpha value is -2.16. The van der Waals surface area contributed by atoms with Crippen LogP contribution in [0.1, 0.15) is 25.3 Å². The topological polar surface area (TPSA) is 88.2 Å². The van der Waals surface area contributed by atoms with Gasteiger partial charge in [0.15, 0.2) is 0 Å². The van der Waals surface area contributed by atoms with E-state index in [4.69, 9.17) is 0 Å². The molecule has 2 aromatic rings. The van der Waals surface area contributed by atoms with Gasteiger partial charge in [-0.15, -0.1) is 11.8 Å². The van der Waals surface area contributed by atoms with E-state index in [2.05, 4.69) is 21.9 Å². The minimum absolute atomic E-state index is 0.0717. The van der Waals surface area contributed by atoms with Crippen LogP contribution in [0.15, 0.2) is 58.6 Å². The van der Waals surface area contributed by atoms with Gasteiger partial charge in [-0.2, -0.15) is 0 Å². The molecule has 2 N–H and O–H groups in total. The molecule has 6 nitrogen and oxygen atoms in total. The van der Waals surface area contributed by atoms with Crippen LogP contribution >= 0.6 is 11.8 Å². The number of thioether (sulfide) groups is 1. The molecule has 1 fully saturated rings. The summed E-state index contributed by atoms with van der Waals surface area (Å²) in [6.07, 6.45) is 6.45. The highest BCUT2D eigenvalue weighted by Gasteiger charge is 2.27. The van der Waals surface area contributed by atoms with Crippen molar-refractivity contribution in [3.8, 4) is 0 Å². The van der Waals surface area contributed by atoms with Gasteiger partial charge >= 0.3 is 0 Å². The number of anilines is 1. The van der Waals surface area contributed by atoms with Gasteiger partial charge < -0.3 is 5.32 Å². The molecule has 0 spiro atoms. The van der Waals surface area contributed by atoms with E-state index in [0.29, 0.717) is 5.69 Å². The van der Waals surface area contributed by atoms with E-state index in [1.165, 1.54) is 18.2 Å². The molecule has 0 atom stereocenters. The van der Waals surface area contributed by atoms with Gasteiger partial charge in [-0.1, -0.05) is 19.1 Å². The van der Waals surface area contributed by atoms with E-state index in [1.807, 2.05) is 12.1 Å². The summed E-state index contributed by atoms with van der Waals surface area (Å²) in [6.45, 7) is 2.05. The Morgan fingerprint density at radius 3 is 2.56 bits per heavy atom. The van der Waals surface area contributed by atoms with Crippen LogP contribution in [0.25, 0.3) is 6.08 Å². The molecular weight excluding hydrogens is 382 g/mol. The molecule has 1 aliphatic rings. The number of pyridine rings is 1. The van der Waals surface area contributed by atoms with Crippen LogP contribution in [0, 0.1) is 0 Å². The molecular formula is C19H21N3O3S2. The van der Waals surface area contributed by atoms with E-state index in [-0.39, 0.29) is 16.8 Å². The Morgan fingerprint density at radius 2 is 1.96 bits per heavy atom. The summed E-state index contributed by atoms with van der Waals surface area (Å²) in [5, 5.41) is 3.66. The van der Waals surface area contributed by atoms with Crippen LogP contribution in [-0.4, -0.2) is 31.1 Å². The van der Waals surface area contributed by atoms with Gasteiger partial charge in [0, 0.05) is 12.1 Å². The molecule has 1 aliphatic carbocycles. The first kappa shape index (κ1) is 19.6. The lowest BCUT2D eigenvalue weighted by molar-refractivity contribution is -0.111. The molecule has 3 rings (SSSR count). The van der Waals surface area contributed by atoms with Gasteiger partial charge in [0.1, 0.15) is 0 Å². The molecule has 27 heavy (non-hydrogen) atoms. The van der Waals surface area contributed by atoms with Crippen molar-refractivity contribution in [3.05, 3.63) is 54.2 Å². The summed E-state index contributed by atoms with van der Waals surface area (Å²) in [5.41, 5.74) is 1.36. The zero-order chi connectivity index (χ0) is 19.3. The fourth-order valence-corrected chi connectivity index (χ4v) is 4.18. The zero-order valence-electron chi connectivity index (χ0n) is 14.9. The summed E-state index contributed by atoms with van der Waals surface area (Å²) in [6, 6.07) is 10.2. The standard InChI is InChI=1S/C19H21N3O3S2/c1-2-26-19-12-8-16(13-20-19)21-18(23)11-5-14-3-9-17(10-4-14)27(24,25)22-15-6-7-15/h3-5,8-13,15,22H,2,6-7H2,1H3,(H,21,23)/b11-5+. The smallest absolute Gasteiger partial charge is 0.248 e. The van der Waals surface area contributed by atoms with Gasteiger partial charge in [-0.05, 0) is 54.5 Å². The number of hydrogen-bond acceptors (Lipinski definition) is 5. The highest BCUT2D eigenvalue weighted by Crippen LogP contribution is 2.22. The maximum Gasteiger partial charge on any atom is 0.248 e. The number of nitrogens with one attached hydrogen (secondary N) is 2. The van der Waals surface area contributed by atoms with Crippen LogP contribution in [0.3, 0.4) is 0 Å². The third-order valence-electron chi connectivity index (χ3n) is 3.81. The molecule has 0 bridgehead atoms. The van der Waals surface area contributed by atoms with E-state index in [9.17, 15) is 13.2 Å². The van der Waals surface area contributed by atoms with Crippen LogP contribution in [0.4, 0.5) is 5.69 Å². The molecule has 1 amide bonds. The van der Waals surface area contributed by atoms with Gasteiger partial charge in [0.25, 0.3) is 0 Å². The van der Waals surface area contributed by atoms with Crippen molar-refractivity contribution >= 4 is 39.5 Å². The van der Waals surface area contributed by atoms with Crippen molar-refractivity contribution in [3.63, 3.8) is 0 Å². The first-order valence-electron chi connectivity index (χ1n) is 8.66. The van der Waals surface area contributed by atoms with Crippen molar-refractivity contribution in [2.75, 3.05) is 11.1 Å². The fraction of sp³-hybridized carbons (Fsp3) is 0.263. The van der Waals surface area contributed by atoms with Gasteiger partial charge in [-0.3, -0.25) is 4.79 Å². The second kappa shape index (κ2) is 8.69. The van der Waals surface area contributed by atoms with Crippen LogP contribution in [0.2, 0.25) is 0 Å². The van der Waals surface area contributed by atoms with Crippen LogP contribution in [0.5, 0.6) is 0 Å². The number of nitrogens with zero attached hydrogens (tertiary/aromatic N) is 1. The predicted octanol–water partition coefficient (Wildman–Crippen LogP) is 3.29. The zero-order valence-corrected chi connectivity index (χ0v) is 16.5. The summed E-state index contributed by atoms with van der Waals surface area (Å²) in [4.78, 5) is 16.5. The summed E-state index contributed by atoms with van der Waals surface area (Å²) >= 11 is 1.63. The molecule has 1 aromatic heterocycles. The number of amides is 1. The molecule has 0 unspecified atom stereocenters. The average Bonchev–Trinajstić information content (AvgIpc) is 3.45. The van der Waals surface area contributed by atoms with E-state index >= 15 is 0 Å². The van der Waals surface area contributed by atoms with Gasteiger partial charge in [-0.25, -0.2) is 18.1 Å². The highest BCUT2D eigenvalue weighted by atomic mass is 32.2. The van der Waals surface area contributed by atoms with E-state index in [0.717, 1.165) is 29.2 Å². The summed E-state index contributed by atoms with van der Waals surface area (Å²) in [7, 11) is -3.46. The van der Waals surface area contributed by atoms with Crippen molar-refractivity contribution in [1.82, 2.24) is 9.71 Å². The van der Waals surface area contributed by atoms with E-state index in [1.54, 1.807) is 36.2 Å². The van der Waals surface area contributed by atoms with Crippen molar-refractivity contribution in [1.29, 1.82) is 0 Å². The molecule has 142 valence electrons. The number of carbonyl (C=O) groups is 1. The SMILES string of the molecule is CCSc1ccc(NC(=O)/C=C/c2ccc(S(=O)(=O)NC3CC3)cc2)cn1. The van der Waals surface area contributed by atoms with Gasteiger partial charge in [0.05, 0.1) is 21.8 Å². The van der Waals surface area contributed by atoms with Crippen LogP contribution < -0.4 is 10.0 Å². The number of sulfonamides is 1. The Morgan fingerprint density at radius 1 is 1.22 bits per heavy atom. The Bertz CT molecular complexity index is 920. The second-order valence-electron chi connectivity index (χ2n) is 6.11. The number of benzene rings is 1. The summed E-state index contributed by atoms with van der Waals surface area (Å²) < 4.78 is 26.9. The number of aromatic nitrogens is 1. The molecule has 0 saturated heterocycles. The average molecular weight is 404 g/mol. The van der Waals surface area contributed by atoms with Crippen LogP contribution in [-0.2, 0) is 14.8 Å². The Labute approximate surface area is 163 Å². The van der Waals surface area contributed by atoms with Crippen molar-refractivity contribution in [2.45, 2.75) is 35.7 Å². The Kier molecular flexibility index (Phi) is 6.30. The number of carbonyl (C=O) groups excluding carboxylic acids is 1. The molecule has 1 aromatic carbocycles. The maximum absolute atomic E-state index is 12.1. The monoisotopic (exact) mass is 403 g/mol. The number of rotatable bonds is 8. The van der Waals surface area contributed by atoms with Gasteiger partial charge in [0.2, 0.25) is 15.9 Å². The quantitative estimate of drug-likeness (QED) is 0.522. The molecule has 0 radical (unpaired) electrons. The normalized spacial score (nSPS) is 14.4.